The van der Waals surface area contributed by atoms with Gasteiger partial charge < -0.3 is 19.9 Å². The first-order valence-corrected chi connectivity index (χ1v) is 12.0. The van der Waals surface area contributed by atoms with Gasteiger partial charge in [0.1, 0.15) is 5.75 Å². The number of hydrogen-bond acceptors (Lipinski definition) is 4. The van der Waals surface area contributed by atoms with Crippen LogP contribution in [0.4, 0.5) is 10.5 Å². The van der Waals surface area contributed by atoms with Gasteiger partial charge in [-0.3, -0.25) is 9.59 Å². The Hall–Kier alpha value is -3.81. The maximum absolute atomic E-state index is 14.0. The van der Waals surface area contributed by atoms with Crippen molar-refractivity contribution in [2.24, 2.45) is 5.92 Å². The molecule has 0 aliphatic carbocycles. The molecule has 1 fully saturated rings. The number of methoxy groups -OCH3 is 1. The SMILES string of the molecule is COc1ccc2[nH]c3c(c2c1)CCN1C(=O)N(c2ccccc2C(=O)NCCC(C)C)C(=O)C31C. The average Bonchev–Trinajstić information content (AvgIpc) is 3.31. The third-order valence-electron chi connectivity index (χ3n) is 7.16. The van der Waals surface area contributed by atoms with Crippen molar-refractivity contribution in [3.63, 3.8) is 0 Å². The Labute approximate surface area is 204 Å². The Balaban J connectivity index is 1.55. The maximum atomic E-state index is 14.0. The van der Waals surface area contributed by atoms with Gasteiger partial charge in [0.25, 0.3) is 11.8 Å². The van der Waals surface area contributed by atoms with Crippen molar-refractivity contribution in [2.45, 2.75) is 39.2 Å². The van der Waals surface area contributed by atoms with Gasteiger partial charge in [-0.1, -0.05) is 26.0 Å². The Morgan fingerprint density at radius 2 is 1.97 bits per heavy atom. The van der Waals surface area contributed by atoms with Crippen molar-refractivity contribution in [2.75, 3.05) is 25.1 Å². The molecule has 8 nitrogen and oxygen atoms in total. The average molecular weight is 475 g/mol. The molecule has 2 N–H and O–H groups in total. The van der Waals surface area contributed by atoms with Gasteiger partial charge >= 0.3 is 6.03 Å². The van der Waals surface area contributed by atoms with Crippen molar-refractivity contribution in [1.82, 2.24) is 15.2 Å². The van der Waals surface area contributed by atoms with Crippen LogP contribution in [0.5, 0.6) is 5.75 Å². The fraction of sp³-hybridized carbons (Fsp3) is 0.370. The summed E-state index contributed by atoms with van der Waals surface area (Å²) in [6, 6.07) is 12.1. The Bertz CT molecular complexity index is 1340. The minimum absolute atomic E-state index is 0.296. The van der Waals surface area contributed by atoms with Crippen LogP contribution in [0.25, 0.3) is 10.9 Å². The van der Waals surface area contributed by atoms with Gasteiger partial charge in [0, 0.05) is 24.0 Å². The third-order valence-corrected chi connectivity index (χ3v) is 7.16. The van der Waals surface area contributed by atoms with E-state index in [1.165, 1.54) is 4.90 Å². The molecular weight excluding hydrogens is 444 g/mol. The number of nitrogens with one attached hydrogen (secondary N) is 2. The highest BCUT2D eigenvalue weighted by Gasteiger charge is 2.59. The highest BCUT2D eigenvalue weighted by Crippen LogP contribution is 2.46. The lowest BCUT2D eigenvalue weighted by molar-refractivity contribution is -0.125. The molecule has 0 spiro atoms. The van der Waals surface area contributed by atoms with Gasteiger partial charge in [-0.2, -0.15) is 0 Å². The number of rotatable bonds is 6. The van der Waals surface area contributed by atoms with Gasteiger partial charge in [0.2, 0.25) is 0 Å². The second-order valence-electron chi connectivity index (χ2n) is 9.74. The molecule has 0 saturated carbocycles. The van der Waals surface area contributed by atoms with Crippen LogP contribution in [0.1, 0.15) is 48.8 Å². The number of benzene rings is 2. The number of nitrogens with zero attached hydrogens (tertiary/aromatic N) is 2. The van der Waals surface area contributed by atoms with Crippen LogP contribution < -0.4 is 15.0 Å². The van der Waals surface area contributed by atoms with Crippen LogP contribution in [0, 0.1) is 5.92 Å². The number of para-hydroxylation sites is 1. The zero-order valence-electron chi connectivity index (χ0n) is 20.5. The smallest absolute Gasteiger partial charge is 0.332 e. The number of H-pyrrole nitrogens is 1. The number of imide groups is 1. The molecule has 8 heteroatoms. The van der Waals surface area contributed by atoms with Gasteiger partial charge in [0.15, 0.2) is 5.54 Å². The number of hydrogen-bond donors (Lipinski definition) is 2. The lowest BCUT2D eigenvalue weighted by atomic mass is 9.87. The lowest BCUT2D eigenvalue weighted by Crippen LogP contribution is -2.49. The minimum atomic E-state index is -1.20. The topological polar surface area (TPSA) is 94.7 Å². The van der Waals surface area contributed by atoms with E-state index in [9.17, 15) is 14.4 Å². The monoisotopic (exact) mass is 474 g/mol. The molecule has 182 valence electrons. The molecule has 3 heterocycles. The largest absolute Gasteiger partial charge is 0.497 e. The Morgan fingerprint density at radius 1 is 1.20 bits per heavy atom. The van der Waals surface area contributed by atoms with Crippen LogP contribution >= 0.6 is 0 Å². The molecule has 1 aromatic heterocycles. The van der Waals surface area contributed by atoms with E-state index in [1.54, 1.807) is 43.2 Å². The first-order valence-electron chi connectivity index (χ1n) is 12.0. The van der Waals surface area contributed by atoms with Gasteiger partial charge in [0.05, 0.1) is 24.1 Å². The second kappa shape index (κ2) is 8.45. The predicted molar refractivity (Wildman–Crippen MR) is 134 cm³/mol. The number of anilines is 1. The molecular formula is C27H30N4O4. The Morgan fingerprint density at radius 3 is 2.71 bits per heavy atom. The molecule has 1 saturated heterocycles. The number of carbonyl (C=O) groups excluding carboxylic acids is 3. The first kappa shape index (κ1) is 23.0. The number of fused-ring (bicyclic) bond motifs is 5. The molecule has 1 unspecified atom stereocenters. The summed E-state index contributed by atoms with van der Waals surface area (Å²) < 4.78 is 5.39. The molecule has 0 bridgehead atoms. The van der Waals surface area contributed by atoms with Crippen molar-refractivity contribution in [3.05, 3.63) is 59.3 Å². The van der Waals surface area contributed by atoms with Crippen LogP contribution in [0.3, 0.4) is 0 Å². The summed E-state index contributed by atoms with van der Waals surface area (Å²) in [6.45, 7) is 6.89. The standard InChI is InChI=1S/C27H30N4O4/c1-16(2)11-13-28-24(32)19-7-5-6-8-22(19)31-25(33)27(3)23-18(12-14-30(27)26(31)34)20-15-17(35-4)9-10-21(20)29-23/h5-10,15-16,29H,11-14H2,1-4H3,(H,28,32). The van der Waals surface area contributed by atoms with Crippen molar-refractivity contribution < 1.29 is 19.1 Å². The molecule has 2 aromatic carbocycles. The molecule has 4 amide bonds. The van der Waals surface area contributed by atoms with Gasteiger partial charge in [-0.15, -0.1) is 0 Å². The molecule has 5 rings (SSSR count). The number of aromatic amines is 1. The van der Waals surface area contributed by atoms with E-state index in [4.69, 9.17) is 4.74 Å². The van der Waals surface area contributed by atoms with E-state index in [1.807, 2.05) is 18.2 Å². The van der Waals surface area contributed by atoms with Crippen molar-refractivity contribution in [1.29, 1.82) is 0 Å². The highest BCUT2D eigenvalue weighted by atomic mass is 16.5. The summed E-state index contributed by atoms with van der Waals surface area (Å²) >= 11 is 0. The molecule has 3 aromatic rings. The van der Waals surface area contributed by atoms with E-state index in [2.05, 4.69) is 24.1 Å². The van der Waals surface area contributed by atoms with Crippen LogP contribution in [-0.4, -0.2) is 47.9 Å². The normalized spacial score (nSPS) is 19.3. The van der Waals surface area contributed by atoms with Gasteiger partial charge in [-0.05, 0) is 61.6 Å². The fourth-order valence-electron chi connectivity index (χ4n) is 5.19. The number of urea groups is 1. The molecule has 1 atom stereocenters. The van der Waals surface area contributed by atoms with E-state index in [-0.39, 0.29) is 11.8 Å². The van der Waals surface area contributed by atoms with Crippen molar-refractivity contribution >= 4 is 34.4 Å². The highest BCUT2D eigenvalue weighted by molar-refractivity contribution is 6.25. The summed E-state index contributed by atoms with van der Waals surface area (Å²) in [4.78, 5) is 46.8. The number of aromatic nitrogens is 1. The zero-order valence-corrected chi connectivity index (χ0v) is 20.5. The van der Waals surface area contributed by atoms with Crippen LogP contribution in [-0.2, 0) is 16.8 Å². The second-order valence-corrected chi connectivity index (χ2v) is 9.74. The number of ether oxygens (including phenoxy) is 1. The number of amides is 4. The summed E-state index contributed by atoms with van der Waals surface area (Å²) in [5.41, 5.74) is 2.04. The van der Waals surface area contributed by atoms with E-state index in [0.717, 1.165) is 28.6 Å². The van der Waals surface area contributed by atoms with E-state index in [0.29, 0.717) is 42.4 Å². The van der Waals surface area contributed by atoms with Crippen LogP contribution in [0.15, 0.2) is 42.5 Å². The summed E-state index contributed by atoms with van der Waals surface area (Å²) in [7, 11) is 1.62. The summed E-state index contributed by atoms with van der Waals surface area (Å²) in [5.74, 6) is 0.521. The Kier molecular flexibility index (Phi) is 5.54. The lowest BCUT2D eigenvalue weighted by Gasteiger charge is -2.35. The molecule has 35 heavy (non-hydrogen) atoms. The minimum Gasteiger partial charge on any atom is -0.497 e. The fourth-order valence-corrected chi connectivity index (χ4v) is 5.19. The molecule has 2 aliphatic heterocycles. The van der Waals surface area contributed by atoms with E-state index >= 15 is 0 Å². The van der Waals surface area contributed by atoms with Gasteiger partial charge in [-0.25, -0.2) is 9.69 Å². The number of carbonyl (C=O) groups is 3. The zero-order chi connectivity index (χ0) is 24.9. The summed E-state index contributed by atoms with van der Waals surface area (Å²) in [5, 5.41) is 3.91. The van der Waals surface area contributed by atoms with E-state index < -0.39 is 11.6 Å². The van der Waals surface area contributed by atoms with Crippen LogP contribution in [0.2, 0.25) is 0 Å². The predicted octanol–water partition coefficient (Wildman–Crippen LogP) is 4.19. The quantitative estimate of drug-likeness (QED) is 0.524. The summed E-state index contributed by atoms with van der Waals surface area (Å²) in [6.07, 6.45) is 1.46. The van der Waals surface area contributed by atoms with Crippen molar-refractivity contribution in [3.8, 4) is 5.75 Å². The maximum Gasteiger partial charge on any atom is 0.332 e. The molecule has 2 aliphatic rings. The third kappa shape index (κ3) is 3.47. The first-order chi connectivity index (χ1) is 16.8. The molecule has 0 radical (unpaired) electrons.